The van der Waals surface area contributed by atoms with Crippen LogP contribution in [0.3, 0.4) is 0 Å². The molecule has 1 N–H and O–H groups in total. The molecule has 8 nitrogen and oxygen atoms in total. The number of furan rings is 1. The lowest BCUT2D eigenvalue weighted by Crippen LogP contribution is -2.15. The summed E-state index contributed by atoms with van der Waals surface area (Å²) < 4.78 is 58.0. The molecule has 4 aromatic rings. The molecular weight excluding hydrogens is 454 g/mol. The minimum atomic E-state index is -3.18. The maximum absolute atomic E-state index is 13.6. The molecular formula is C22H18F2N4O4S. The highest BCUT2D eigenvalue weighted by Crippen LogP contribution is 2.32. The van der Waals surface area contributed by atoms with Crippen molar-refractivity contribution in [1.82, 2.24) is 14.8 Å². The van der Waals surface area contributed by atoms with Gasteiger partial charge in [-0.3, -0.25) is 4.79 Å². The van der Waals surface area contributed by atoms with Crippen LogP contribution in [-0.4, -0.2) is 40.6 Å². The van der Waals surface area contributed by atoms with Crippen LogP contribution < -0.4 is 5.32 Å². The smallest absolute Gasteiger partial charge is 0.256 e. The lowest BCUT2D eigenvalue weighted by atomic mass is 10.1. The van der Waals surface area contributed by atoms with Crippen LogP contribution in [0.4, 0.5) is 14.5 Å². The number of halogens is 2. The summed E-state index contributed by atoms with van der Waals surface area (Å²) in [6, 6.07) is 7.53. The fraction of sp³-hybridized carbons (Fsp3) is 0.227. The Morgan fingerprint density at radius 2 is 2.03 bits per heavy atom. The second-order valence-electron chi connectivity index (χ2n) is 7.90. The number of hydrogen-bond acceptors (Lipinski definition) is 6. The Balaban J connectivity index is 1.65. The van der Waals surface area contributed by atoms with Crippen LogP contribution >= 0.6 is 0 Å². The number of hydrogen-bond donors (Lipinski definition) is 1. The number of carbonyl (C=O) groups excluding carboxylic acids is 1. The Bertz CT molecular complexity index is 1500. The molecule has 11 heteroatoms. The van der Waals surface area contributed by atoms with Crippen LogP contribution in [0.1, 0.15) is 28.5 Å². The molecule has 1 aliphatic rings. The van der Waals surface area contributed by atoms with Crippen molar-refractivity contribution in [2.24, 2.45) is 0 Å². The second kappa shape index (κ2) is 7.77. The molecule has 3 aromatic heterocycles. The van der Waals surface area contributed by atoms with Crippen LogP contribution in [-0.2, 0) is 9.84 Å². The molecule has 0 radical (unpaired) electrons. The molecule has 170 valence electrons. The molecule has 0 aliphatic carbocycles. The third-order valence-corrected chi connectivity index (χ3v) is 7.34. The number of sulfone groups is 1. The number of aromatic nitrogens is 3. The molecule has 1 atom stereocenters. The number of pyridine rings is 1. The van der Waals surface area contributed by atoms with E-state index in [0.29, 0.717) is 34.6 Å². The van der Waals surface area contributed by atoms with Crippen LogP contribution in [0.15, 0.2) is 47.1 Å². The summed E-state index contributed by atoms with van der Waals surface area (Å²) in [5, 5.41) is 7.52. The molecule has 0 unspecified atom stereocenters. The maximum atomic E-state index is 13.6. The van der Waals surface area contributed by atoms with E-state index in [1.807, 2.05) is 0 Å². The van der Waals surface area contributed by atoms with E-state index in [9.17, 15) is 22.0 Å². The first-order valence-corrected chi connectivity index (χ1v) is 11.9. The van der Waals surface area contributed by atoms with Gasteiger partial charge in [0.2, 0.25) is 0 Å². The Hall–Kier alpha value is -3.60. The molecule has 0 saturated carbocycles. The third kappa shape index (κ3) is 3.88. The first-order valence-electron chi connectivity index (χ1n) is 10.1. The summed E-state index contributed by atoms with van der Waals surface area (Å²) in [6.45, 7) is 1.70. The summed E-state index contributed by atoms with van der Waals surface area (Å²) in [4.78, 5) is 17.8. The normalized spacial score (nSPS) is 17.5. The van der Waals surface area contributed by atoms with Crippen LogP contribution in [0.2, 0.25) is 0 Å². The van der Waals surface area contributed by atoms with Gasteiger partial charge < -0.3 is 9.73 Å². The predicted octanol–water partition coefficient (Wildman–Crippen LogP) is 3.89. The molecule has 0 spiro atoms. The summed E-state index contributed by atoms with van der Waals surface area (Å²) >= 11 is 0. The topological polar surface area (TPSA) is 107 Å². The van der Waals surface area contributed by atoms with Crippen LogP contribution in [0.5, 0.6) is 0 Å². The van der Waals surface area contributed by atoms with E-state index in [1.54, 1.807) is 23.7 Å². The fourth-order valence-corrected chi connectivity index (χ4v) is 5.73. The van der Waals surface area contributed by atoms with E-state index in [1.165, 1.54) is 18.4 Å². The van der Waals surface area contributed by atoms with E-state index in [-0.39, 0.29) is 22.8 Å². The highest BCUT2D eigenvalue weighted by atomic mass is 32.2. The number of rotatable bonds is 4. The van der Waals surface area contributed by atoms with Gasteiger partial charge in [-0.2, -0.15) is 5.10 Å². The van der Waals surface area contributed by atoms with Crippen molar-refractivity contribution in [3.05, 3.63) is 65.6 Å². The summed E-state index contributed by atoms with van der Waals surface area (Å²) in [7, 11) is -3.18. The van der Waals surface area contributed by atoms with Gasteiger partial charge in [-0.1, -0.05) is 0 Å². The number of carbonyl (C=O) groups is 1. The number of amides is 1. The number of fused-ring (bicyclic) bond motifs is 1. The predicted molar refractivity (Wildman–Crippen MR) is 117 cm³/mol. The molecule has 1 amide bonds. The number of anilines is 1. The lowest BCUT2D eigenvalue weighted by molar-refractivity contribution is 0.102. The fourth-order valence-electron chi connectivity index (χ4n) is 4.04. The zero-order valence-electron chi connectivity index (χ0n) is 17.4. The monoisotopic (exact) mass is 472 g/mol. The van der Waals surface area contributed by atoms with Gasteiger partial charge in [0, 0.05) is 11.8 Å². The molecule has 1 aliphatic heterocycles. The van der Waals surface area contributed by atoms with Gasteiger partial charge in [-0.25, -0.2) is 26.9 Å². The Morgan fingerprint density at radius 1 is 1.21 bits per heavy atom. The van der Waals surface area contributed by atoms with E-state index in [0.717, 1.165) is 12.1 Å². The molecule has 5 rings (SSSR count). The van der Waals surface area contributed by atoms with Gasteiger partial charge in [0.05, 0.1) is 40.5 Å². The lowest BCUT2D eigenvalue weighted by Gasteiger charge is -2.12. The zero-order valence-corrected chi connectivity index (χ0v) is 18.2. The van der Waals surface area contributed by atoms with Crippen molar-refractivity contribution >= 4 is 32.5 Å². The van der Waals surface area contributed by atoms with Crippen molar-refractivity contribution in [3.63, 3.8) is 0 Å². The molecule has 4 heterocycles. The molecule has 1 aromatic carbocycles. The van der Waals surface area contributed by atoms with Crippen molar-refractivity contribution in [2.45, 2.75) is 19.4 Å². The average molecular weight is 472 g/mol. The Kier molecular flexibility index (Phi) is 5.00. The van der Waals surface area contributed by atoms with Crippen LogP contribution in [0, 0.1) is 18.6 Å². The minimum absolute atomic E-state index is 0.0550. The Morgan fingerprint density at radius 3 is 2.70 bits per heavy atom. The van der Waals surface area contributed by atoms with Gasteiger partial charge in [0.15, 0.2) is 32.9 Å². The Labute approximate surface area is 187 Å². The molecule has 0 bridgehead atoms. The highest BCUT2D eigenvalue weighted by molar-refractivity contribution is 7.91. The summed E-state index contributed by atoms with van der Waals surface area (Å²) in [5.41, 5.74) is 1.46. The van der Waals surface area contributed by atoms with Crippen LogP contribution in [0.25, 0.3) is 22.5 Å². The first-order chi connectivity index (χ1) is 15.7. The average Bonchev–Trinajstić information content (AvgIpc) is 3.49. The number of aryl methyl sites for hydroxylation is 1. The number of nitrogens with zero attached hydrogens (tertiary/aromatic N) is 3. The second-order valence-corrected chi connectivity index (χ2v) is 10.1. The van der Waals surface area contributed by atoms with E-state index in [2.05, 4.69) is 15.4 Å². The minimum Gasteiger partial charge on any atom is -0.463 e. The number of benzene rings is 1. The number of nitrogens with one attached hydrogen (secondary N) is 1. The van der Waals surface area contributed by atoms with Crippen molar-refractivity contribution in [3.8, 4) is 11.5 Å². The van der Waals surface area contributed by atoms with Crippen molar-refractivity contribution in [1.29, 1.82) is 0 Å². The summed E-state index contributed by atoms with van der Waals surface area (Å²) in [6.07, 6.45) is 1.86. The van der Waals surface area contributed by atoms with Gasteiger partial charge in [-0.05, 0) is 43.7 Å². The SMILES string of the molecule is Cc1nn([C@@H]2CCS(=O)(=O)C2)c2nc(-c3ccco3)cc(C(=O)Nc3ccc(F)c(F)c3)c12. The van der Waals surface area contributed by atoms with Gasteiger partial charge in [0.25, 0.3) is 5.91 Å². The molecule has 33 heavy (non-hydrogen) atoms. The standard InChI is InChI=1S/C22H18F2N4O4S/c1-12-20-15(22(29)25-13-4-5-16(23)17(24)9-13)10-18(19-3-2-7-32-19)26-21(20)28(27-12)14-6-8-33(30,31)11-14/h2-5,7,9-10,14H,6,8,11H2,1H3,(H,25,29)/t14-/m1/s1. The van der Waals surface area contributed by atoms with Gasteiger partial charge in [-0.15, -0.1) is 0 Å². The largest absolute Gasteiger partial charge is 0.463 e. The molecule has 1 fully saturated rings. The highest BCUT2D eigenvalue weighted by Gasteiger charge is 2.32. The van der Waals surface area contributed by atoms with Gasteiger partial charge >= 0.3 is 0 Å². The van der Waals surface area contributed by atoms with Crippen molar-refractivity contribution < 1.29 is 26.4 Å². The van der Waals surface area contributed by atoms with E-state index in [4.69, 9.17) is 4.42 Å². The van der Waals surface area contributed by atoms with Crippen molar-refractivity contribution in [2.75, 3.05) is 16.8 Å². The van der Waals surface area contributed by atoms with E-state index < -0.39 is 33.4 Å². The maximum Gasteiger partial charge on any atom is 0.256 e. The third-order valence-electron chi connectivity index (χ3n) is 5.59. The summed E-state index contributed by atoms with van der Waals surface area (Å²) in [5.74, 6) is -2.30. The molecule has 1 saturated heterocycles. The van der Waals surface area contributed by atoms with E-state index >= 15 is 0 Å². The first kappa shape index (κ1) is 21.3. The quantitative estimate of drug-likeness (QED) is 0.483. The van der Waals surface area contributed by atoms with Gasteiger partial charge in [0.1, 0.15) is 5.69 Å². The zero-order chi connectivity index (χ0) is 23.3.